The molecule has 2 N–H and O–H groups in total. The van der Waals surface area contributed by atoms with Crippen molar-refractivity contribution in [3.63, 3.8) is 0 Å². The standard InChI is InChI=1S/C25H25ClN6O3/c1-3-4-9-21-27-23(26)20(14-33)32(21)13-15-10-11-17-19(12-15)25(34-2)35-22(17)16-7-5-6-8-18(16)24-28-30-31-29-24/h5-8,10-12,33H,3-4,9,13-14H2,1-2H3,(H,28,29,30,31). The van der Waals surface area contributed by atoms with E-state index >= 15 is 0 Å². The van der Waals surface area contributed by atoms with Crippen LogP contribution in [0, 0.1) is 0 Å². The van der Waals surface area contributed by atoms with Crippen LogP contribution in [0.2, 0.25) is 5.15 Å². The fourth-order valence-corrected chi connectivity index (χ4v) is 4.57. The molecule has 0 aliphatic carbocycles. The Morgan fingerprint density at radius 1 is 1.14 bits per heavy atom. The fraction of sp³-hybridized carbons (Fsp3) is 0.280. The van der Waals surface area contributed by atoms with Gasteiger partial charge in [0.15, 0.2) is 5.15 Å². The number of aliphatic hydroxyl groups is 1. The van der Waals surface area contributed by atoms with Gasteiger partial charge < -0.3 is 18.8 Å². The molecule has 9 nitrogen and oxygen atoms in total. The molecule has 0 saturated carbocycles. The maximum Gasteiger partial charge on any atom is 0.292 e. The van der Waals surface area contributed by atoms with Crippen LogP contribution in [0.5, 0.6) is 5.95 Å². The van der Waals surface area contributed by atoms with E-state index in [9.17, 15) is 5.11 Å². The Morgan fingerprint density at radius 2 is 1.97 bits per heavy atom. The lowest BCUT2D eigenvalue weighted by Gasteiger charge is -2.11. The summed E-state index contributed by atoms with van der Waals surface area (Å²) in [5.74, 6) is 2.43. The van der Waals surface area contributed by atoms with Crippen molar-refractivity contribution in [3.05, 3.63) is 64.7 Å². The van der Waals surface area contributed by atoms with Gasteiger partial charge in [0.25, 0.3) is 5.95 Å². The summed E-state index contributed by atoms with van der Waals surface area (Å²) in [5.41, 5.74) is 3.26. The van der Waals surface area contributed by atoms with Gasteiger partial charge in [0.05, 0.1) is 24.8 Å². The molecule has 0 radical (unpaired) electrons. The van der Waals surface area contributed by atoms with Gasteiger partial charge in [-0.05, 0) is 29.3 Å². The van der Waals surface area contributed by atoms with Crippen molar-refractivity contribution in [2.24, 2.45) is 0 Å². The average Bonchev–Trinajstić information content (AvgIpc) is 3.60. The SMILES string of the molecule is CCCCc1nc(Cl)c(CO)n1Cc1ccc2c(-c3ccccc3-c3nn[nH]n3)oc(OC)c2c1. The van der Waals surface area contributed by atoms with E-state index in [0.29, 0.717) is 34.9 Å². The van der Waals surface area contributed by atoms with Gasteiger partial charge in [-0.3, -0.25) is 0 Å². The average molecular weight is 493 g/mol. The Labute approximate surface area is 206 Å². The lowest BCUT2D eigenvalue weighted by molar-refractivity contribution is 0.271. The fourth-order valence-electron chi connectivity index (χ4n) is 4.31. The summed E-state index contributed by atoms with van der Waals surface area (Å²) in [6, 6.07) is 13.8. The lowest BCUT2D eigenvalue weighted by atomic mass is 10.0. The molecule has 0 fully saturated rings. The molecule has 0 spiro atoms. The summed E-state index contributed by atoms with van der Waals surface area (Å²) < 4.78 is 13.8. The third-order valence-electron chi connectivity index (χ3n) is 6.03. The molecule has 0 aliphatic rings. The van der Waals surface area contributed by atoms with Crippen molar-refractivity contribution < 1.29 is 14.3 Å². The summed E-state index contributed by atoms with van der Waals surface area (Å²) in [6.45, 7) is 2.48. The molecule has 3 heterocycles. The van der Waals surface area contributed by atoms with Gasteiger partial charge in [-0.2, -0.15) is 5.21 Å². The van der Waals surface area contributed by atoms with Crippen molar-refractivity contribution in [2.45, 2.75) is 39.3 Å². The number of imidazole rings is 1. The smallest absolute Gasteiger partial charge is 0.292 e. The van der Waals surface area contributed by atoms with Crippen molar-refractivity contribution in [3.8, 4) is 28.7 Å². The predicted molar refractivity (Wildman–Crippen MR) is 132 cm³/mol. The van der Waals surface area contributed by atoms with Gasteiger partial charge in [-0.15, -0.1) is 10.2 Å². The number of benzene rings is 2. The van der Waals surface area contributed by atoms with E-state index in [1.807, 2.05) is 47.0 Å². The van der Waals surface area contributed by atoms with Gasteiger partial charge in [-0.25, -0.2) is 4.98 Å². The number of ether oxygens (including phenoxy) is 1. The van der Waals surface area contributed by atoms with Gasteiger partial charge in [0.2, 0.25) is 5.82 Å². The number of furan rings is 1. The highest BCUT2D eigenvalue weighted by molar-refractivity contribution is 6.30. The Morgan fingerprint density at radius 3 is 2.69 bits per heavy atom. The minimum atomic E-state index is -0.174. The van der Waals surface area contributed by atoms with Crippen LogP contribution >= 0.6 is 11.6 Å². The van der Waals surface area contributed by atoms with Gasteiger partial charge in [0.1, 0.15) is 11.6 Å². The third-order valence-corrected chi connectivity index (χ3v) is 6.34. The van der Waals surface area contributed by atoms with Gasteiger partial charge in [-0.1, -0.05) is 55.3 Å². The summed E-state index contributed by atoms with van der Waals surface area (Å²) >= 11 is 6.32. The van der Waals surface area contributed by atoms with Crippen LogP contribution in [0.4, 0.5) is 0 Å². The van der Waals surface area contributed by atoms with Crippen LogP contribution in [0.3, 0.4) is 0 Å². The number of aryl methyl sites for hydroxylation is 1. The zero-order chi connectivity index (χ0) is 24.4. The molecule has 5 rings (SSSR count). The topological polar surface area (TPSA) is 115 Å². The number of hydrogen-bond donors (Lipinski definition) is 2. The number of aromatic nitrogens is 6. The van der Waals surface area contributed by atoms with Crippen molar-refractivity contribution >= 4 is 22.4 Å². The first-order valence-electron chi connectivity index (χ1n) is 11.4. The number of tetrazole rings is 1. The maximum atomic E-state index is 9.91. The highest BCUT2D eigenvalue weighted by Gasteiger charge is 2.21. The molecule has 35 heavy (non-hydrogen) atoms. The first-order valence-corrected chi connectivity index (χ1v) is 11.8. The molecule has 0 amide bonds. The molecule has 180 valence electrons. The number of halogens is 1. The first kappa shape index (κ1) is 23.1. The molecular formula is C25H25ClN6O3. The normalized spacial score (nSPS) is 11.4. The van der Waals surface area contributed by atoms with Gasteiger partial charge in [0, 0.05) is 29.5 Å². The molecular weight excluding hydrogens is 468 g/mol. The Balaban J connectivity index is 1.58. The van der Waals surface area contributed by atoms with Crippen LogP contribution in [0.15, 0.2) is 46.9 Å². The molecule has 2 aromatic carbocycles. The Kier molecular flexibility index (Phi) is 6.52. The quantitative estimate of drug-likeness (QED) is 0.297. The molecule has 0 atom stereocenters. The van der Waals surface area contributed by atoms with Crippen molar-refractivity contribution in [2.75, 3.05) is 7.11 Å². The molecule has 0 unspecified atom stereocenters. The highest BCUT2D eigenvalue weighted by atomic mass is 35.5. The predicted octanol–water partition coefficient (Wildman–Crippen LogP) is 5.02. The molecule has 3 aromatic heterocycles. The van der Waals surface area contributed by atoms with E-state index in [4.69, 9.17) is 20.8 Å². The molecule has 0 bridgehead atoms. The van der Waals surface area contributed by atoms with Gasteiger partial charge >= 0.3 is 0 Å². The molecule has 10 heteroatoms. The Bertz CT molecular complexity index is 1460. The zero-order valence-electron chi connectivity index (χ0n) is 19.5. The summed E-state index contributed by atoms with van der Waals surface area (Å²) in [7, 11) is 1.59. The van der Waals surface area contributed by atoms with Crippen LogP contribution in [0.1, 0.15) is 36.8 Å². The second-order valence-corrected chi connectivity index (χ2v) is 8.56. The number of rotatable bonds is 9. The van der Waals surface area contributed by atoms with E-state index in [2.05, 4.69) is 32.5 Å². The minimum Gasteiger partial charge on any atom is -0.468 e. The summed E-state index contributed by atoms with van der Waals surface area (Å²) in [4.78, 5) is 4.49. The van der Waals surface area contributed by atoms with E-state index in [1.54, 1.807) is 7.11 Å². The van der Waals surface area contributed by atoms with E-state index < -0.39 is 0 Å². The number of nitrogens with one attached hydrogen (secondary N) is 1. The van der Waals surface area contributed by atoms with Crippen LogP contribution in [0.25, 0.3) is 33.5 Å². The first-order chi connectivity index (χ1) is 17.1. The number of hydrogen-bond acceptors (Lipinski definition) is 7. The Hall–Kier alpha value is -3.69. The number of H-pyrrole nitrogens is 1. The number of unbranched alkanes of at least 4 members (excludes halogenated alkanes) is 1. The van der Waals surface area contributed by atoms with Crippen LogP contribution < -0.4 is 4.74 Å². The second-order valence-electron chi connectivity index (χ2n) is 8.20. The number of methoxy groups -OCH3 is 1. The molecule has 0 aliphatic heterocycles. The molecule has 5 aromatic rings. The molecule has 0 saturated heterocycles. The van der Waals surface area contributed by atoms with E-state index in [0.717, 1.165) is 52.5 Å². The third kappa shape index (κ3) is 4.28. The lowest BCUT2D eigenvalue weighted by Crippen LogP contribution is -2.09. The summed E-state index contributed by atoms with van der Waals surface area (Å²) in [6.07, 6.45) is 2.84. The van der Waals surface area contributed by atoms with Crippen molar-refractivity contribution in [1.82, 2.24) is 30.2 Å². The van der Waals surface area contributed by atoms with Crippen molar-refractivity contribution in [1.29, 1.82) is 0 Å². The largest absolute Gasteiger partial charge is 0.468 e. The zero-order valence-corrected chi connectivity index (χ0v) is 20.2. The number of fused-ring (bicyclic) bond motifs is 1. The van der Waals surface area contributed by atoms with Crippen LogP contribution in [-0.4, -0.2) is 42.4 Å². The monoisotopic (exact) mass is 492 g/mol. The highest BCUT2D eigenvalue weighted by Crippen LogP contribution is 2.41. The van der Waals surface area contributed by atoms with Crippen LogP contribution in [-0.2, 0) is 19.6 Å². The van der Waals surface area contributed by atoms with E-state index in [1.165, 1.54) is 0 Å². The number of aromatic amines is 1. The second kappa shape index (κ2) is 9.89. The minimum absolute atomic E-state index is 0.174. The van der Waals surface area contributed by atoms with E-state index in [-0.39, 0.29) is 6.61 Å². The number of nitrogens with zero attached hydrogens (tertiary/aromatic N) is 5. The summed E-state index contributed by atoms with van der Waals surface area (Å²) in [5, 5.41) is 26.4. The maximum absolute atomic E-state index is 9.91. The number of aliphatic hydroxyl groups excluding tert-OH is 1.